The van der Waals surface area contributed by atoms with Crippen LogP contribution in [0.15, 0.2) is 24.3 Å². The van der Waals surface area contributed by atoms with E-state index in [0.29, 0.717) is 11.3 Å². The standard InChI is InChI=1S/C14H15N3O3/c1-8-6-9(2)13(11(7-8)20-3)14-10(17(18)19)4-5-12(15)16-14/h4-7H,1-3H3,(H2,15,16). The number of nitrogen functional groups attached to an aromatic ring is 1. The molecule has 1 heterocycles. The number of pyridine rings is 1. The van der Waals surface area contributed by atoms with Crippen LogP contribution in [0, 0.1) is 24.0 Å². The zero-order valence-electron chi connectivity index (χ0n) is 11.5. The number of nitro groups is 1. The lowest BCUT2D eigenvalue weighted by Crippen LogP contribution is -2.01. The molecule has 1 aromatic carbocycles. The number of aryl methyl sites for hydroxylation is 2. The van der Waals surface area contributed by atoms with Gasteiger partial charge in [0.15, 0.2) is 5.69 Å². The molecule has 0 aliphatic rings. The van der Waals surface area contributed by atoms with Gasteiger partial charge in [0.25, 0.3) is 5.69 Å². The van der Waals surface area contributed by atoms with Gasteiger partial charge in [0.05, 0.1) is 17.6 Å². The monoisotopic (exact) mass is 273 g/mol. The van der Waals surface area contributed by atoms with E-state index in [1.807, 2.05) is 26.0 Å². The minimum absolute atomic E-state index is 0.0931. The largest absolute Gasteiger partial charge is 0.496 e. The molecule has 6 heteroatoms. The van der Waals surface area contributed by atoms with Gasteiger partial charge in [-0.25, -0.2) is 4.98 Å². The number of aromatic nitrogens is 1. The highest BCUT2D eigenvalue weighted by atomic mass is 16.6. The normalized spacial score (nSPS) is 10.3. The lowest BCUT2D eigenvalue weighted by Gasteiger charge is -2.13. The van der Waals surface area contributed by atoms with Gasteiger partial charge in [0.1, 0.15) is 11.6 Å². The molecule has 6 nitrogen and oxygen atoms in total. The molecule has 0 amide bonds. The molecule has 0 aliphatic heterocycles. The van der Waals surface area contributed by atoms with Crippen molar-refractivity contribution in [2.24, 2.45) is 0 Å². The summed E-state index contributed by atoms with van der Waals surface area (Å²) in [5, 5.41) is 11.2. The molecule has 2 aromatic rings. The van der Waals surface area contributed by atoms with Gasteiger partial charge in [0.2, 0.25) is 0 Å². The van der Waals surface area contributed by atoms with Crippen LogP contribution in [0.1, 0.15) is 11.1 Å². The van der Waals surface area contributed by atoms with Crippen molar-refractivity contribution in [3.8, 4) is 17.0 Å². The Bertz CT molecular complexity index is 684. The van der Waals surface area contributed by atoms with E-state index in [-0.39, 0.29) is 17.2 Å². The van der Waals surface area contributed by atoms with Gasteiger partial charge in [-0.2, -0.15) is 0 Å². The van der Waals surface area contributed by atoms with Crippen LogP contribution in [0.3, 0.4) is 0 Å². The fourth-order valence-electron chi connectivity index (χ4n) is 2.19. The van der Waals surface area contributed by atoms with Crippen molar-refractivity contribution in [1.29, 1.82) is 0 Å². The predicted octanol–water partition coefficient (Wildman–Crippen LogP) is 2.86. The maximum Gasteiger partial charge on any atom is 0.295 e. The molecule has 0 fully saturated rings. The SMILES string of the molecule is COc1cc(C)cc(C)c1-c1nc(N)ccc1[N+](=O)[O-]. The molecule has 0 bridgehead atoms. The summed E-state index contributed by atoms with van der Waals surface area (Å²) in [5.74, 6) is 0.774. The Morgan fingerprint density at radius 2 is 2.00 bits per heavy atom. The third kappa shape index (κ3) is 2.40. The number of hydrogen-bond acceptors (Lipinski definition) is 5. The van der Waals surface area contributed by atoms with Crippen molar-refractivity contribution in [2.75, 3.05) is 12.8 Å². The molecule has 0 unspecified atom stereocenters. The van der Waals surface area contributed by atoms with Crippen molar-refractivity contribution < 1.29 is 9.66 Å². The Kier molecular flexibility index (Phi) is 3.56. The van der Waals surface area contributed by atoms with E-state index in [4.69, 9.17) is 10.5 Å². The van der Waals surface area contributed by atoms with Gasteiger partial charge in [0, 0.05) is 6.07 Å². The smallest absolute Gasteiger partial charge is 0.295 e. The lowest BCUT2D eigenvalue weighted by atomic mass is 10.00. The molecule has 0 radical (unpaired) electrons. The molecule has 1 aromatic heterocycles. The number of methoxy groups -OCH3 is 1. The van der Waals surface area contributed by atoms with Crippen LogP contribution in [-0.2, 0) is 0 Å². The highest BCUT2D eigenvalue weighted by Gasteiger charge is 2.22. The Labute approximate surface area is 116 Å². The number of rotatable bonds is 3. The van der Waals surface area contributed by atoms with Crippen molar-refractivity contribution in [2.45, 2.75) is 13.8 Å². The van der Waals surface area contributed by atoms with Gasteiger partial charge in [-0.3, -0.25) is 10.1 Å². The third-order valence-corrected chi connectivity index (χ3v) is 2.99. The third-order valence-electron chi connectivity index (χ3n) is 2.99. The summed E-state index contributed by atoms with van der Waals surface area (Å²) in [5.41, 5.74) is 8.25. The summed E-state index contributed by atoms with van der Waals surface area (Å²) in [6.07, 6.45) is 0. The van der Waals surface area contributed by atoms with Gasteiger partial charge in [-0.05, 0) is 37.1 Å². The Morgan fingerprint density at radius 3 is 2.60 bits per heavy atom. The zero-order chi connectivity index (χ0) is 14.9. The first kappa shape index (κ1) is 13.8. The minimum Gasteiger partial charge on any atom is -0.496 e. The molecule has 0 saturated carbocycles. The second-order valence-corrected chi connectivity index (χ2v) is 4.52. The van der Waals surface area contributed by atoms with Gasteiger partial charge in [-0.15, -0.1) is 0 Å². The Hall–Kier alpha value is -2.63. The van der Waals surface area contributed by atoms with E-state index in [1.54, 1.807) is 0 Å². The van der Waals surface area contributed by atoms with E-state index in [9.17, 15) is 10.1 Å². The van der Waals surface area contributed by atoms with Crippen LogP contribution in [0.2, 0.25) is 0 Å². The quantitative estimate of drug-likeness (QED) is 0.685. The van der Waals surface area contributed by atoms with Gasteiger partial charge >= 0.3 is 0 Å². The van der Waals surface area contributed by atoms with Crippen LogP contribution in [-0.4, -0.2) is 17.0 Å². The zero-order valence-corrected chi connectivity index (χ0v) is 11.5. The second kappa shape index (κ2) is 5.16. The Morgan fingerprint density at radius 1 is 1.30 bits per heavy atom. The average Bonchev–Trinajstić information content (AvgIpc) is 2.37. The fraction of sp³-hybridized carbons (Fsp3) is 0.214. The van der Waals surface area contributed by atoms with Crippen LogP contribution < -0.4 is 10.5 Å². The summed E-state index contributed by atoms with van der Waals surface area (Å²) < 4.78 is 5.33. The number of nitrogens with zero attached hydrogens (tertiary/aromatic N) is 2. The first-order valence-corrected chi connectivity index (χ1v) is 6.00. The fourth-order valence-corrected chi connectivity index (χ4v) is 2.19. The predicted molar refractivity (Wildman–Crippen MR) is 76.8 cm³/mol. The van der Waals surface area contributed by atoms with Gasteiger partial charge < -0.3 is 10.5 Å². The van der Waals surface area contributed by atoms with Crippen LogP contribution in [0.4, 0.5) is 11.5 Å². The molecule has 0 saturated heterocycles. The molecule has 0 aliphatic carbocycles. The van der Waals surface area contributed by atoms with E-state index in [1.165, 1.54) is 19.2 Å². The summed E-state index contributed by atoms with van der Waals surface area (Å²) in [6.45, 7) is 3.79. The summed E-state index contributed by atoms with van der Waals surface area (Å²) in [7, 11) is 1.52. The second-order valence-electron chi connectivity index (χ2n) is 4.52. The number of ether oxygens (including phenoxy) is 1. The topological polar surface area (TPSA) is 91.3 Å². The van der Waals surface area contributed by atoms with Crippen molar-refractivity contribution in [1.82, 2.24) is 4.98 Å². The highest BCUT2D eigenvalue weighted by Crippen LogP contribution is 2.38. The summed E-state index contributed by atoms with van der Waals surface area (Å²) in [4.78, 5) is 14.8. The lowest BCUT2D eigenvalue weighted by molar-refractivity contribution is -0.384. The number of anilines is 1. The number of nitrogens with two attached hydrogens (primary N) is 1. The van der Waals surface area contributed by atoms with Crippen LogP contribution in [0.5, 0.6) is 5.75 Å². The molecule has 0 spiro atoms. The maximum absolute atomic E-state index is 11.2. The van der Waals surface area contributed by atoms with Crippen molar-refractivity contribution in [3.63, 3.8) is 0 Å². The van der Waals surface area contributed by atoms with Crippen LogP contribution in [0.25, 0.3) is 11.3 Å². The first-order chi connectivity index (χ1) is 9.43. The number of benzene rings is 1. The van der Waals surface area contributed by atoms with Gasteiger partial charge in [-0.1, -0.05) is 6.07 Å². The molecule has 20 heavy (non-hydrogen) atoms. The maximum atomic E-state index is 11.2. The average molecular weight is 273 g/mol. The summed E-state index contributed by atoms with van der Waals surface area (Å²) >= 11 is 0. The van der Waals surface area contributed by atoms with E-state index in [2.05, 4.69) is 4.98 Å². The van der Waals surface area contributed by atoms with Crippen molar-refractivity contribution >= 4 is 11.5 Å². The van der Waals surface area contributed by atoms with Crippen LogP contribution >= 0.6 is 0 Å². The molecular formula is C14H15N3O3. The first-order valence-electron chi connectivity index (χ1n) is 6.00. The molecule has 104 valence electrons. The van der Waals surface area contributed by atoms with E-state index in [0.717, 1.165) is 11.1 Å². The highest BCUT2D eigenvalue weighted by molar-refractivity contribution is 5.79. The molecule has 2 rings (SSSR count). The molecular weight excluding hydrogens is 258 g/mol. The molecule has 2 N–H and O–H groups in total. The Balaban J connectivity index is 2.80. The van der Waals surface area contributed by atoms with E-state index < -0.39 is 4.92 Å². The number of hydrogen-bond donors (Lipinski definition) is 1. The minimum atomic E-state index is -0.472. The molecule has 0 atom stereocenters. The summed E-state index contributed by atoms with van der Waals surface area (Å²) in [6, 6.07) is 6.51. The van der Waals surface area contributed by atoms with E-state index >= 15 is 0 Å². The van der Waals surface area contributed by atoms with Crippen molar-refractivity contribution in [3.05, 3.63) is 45.5 Å².